The van der Waals surface area contributed by atoms with Gasteiger partial charge in [0.2, 0.25) is 0 Å². The lowest BCUT2D eigenvalue weighted by molar-refractivity contribution is 0.228. The molecule has 0 heterocycles. The summed E-state index contributed by atoms with van der Waals surface area (Å²) in [6, 6.07) is 5.95. The number of urea groups is 1. The number of hydrogen-bond acceptors (Lipinski definition) is 3. The normalized spacial score (nSPS) is 16.5. The average Bonchev–Trinajstić information content (AvgIpc) is 2.60. The van der Waals surface area contributed by atoms with Crippen molar-refractivity contribution in [3.63, 3.8) is 0 Å². The minimum atomic E-state index is -0.0847. The van der Waals surface area contributed by atoms with Gasteiger partial charge < -0.3 is 20.1 Å². The van der Waals surface area contributed by atoms with Crippen LogP contribution in [0.5, 0.6) is 11.5 Å². The van der Waals surface area contributed by atoms with Crippen molar-refractivity contribution in [3.05, 3.63) is 23.8 Å². The Balaban J connectivity index is 1.99. The molecule has 0 spiro atoms. The van der Waals surface area contributed by atoms with Gasteiger partial charge in [0.25, 0.3) is 0 Å². The highest BCUT2D eigenvalue weighted by Crippen LogP contribution is 2.30. The first kappa shape index (κ1) is 17.4. The van der Waals surface area contributed by atoms with Crippen LogP contribution in [0.4, 0.5) is 4.79 Å². The van der Waals surface area contributed by atoms with E-state index in [2.05, 4.69) is 17.6 Å². The third-order valence-electron chi connectivity index (χ3n) is 4.46. The van der Waals surface area contributed by atoms with Crippen LogP contribution in [-0.2, 0) is 0 Å². The standard InChI is InChI=1S/C18H28N2O3/c1-4-15(13-10-11-16(22-2)17(12-13)23-3)20-18(21)19-14-8-6-5-7-9-14/h10-12,14-15H,4-9H2,1-3H3,(H2,19,20,21). The van der Waals surface area contributed by atoms with Gasteiger partial charge in [0.15, 0.2) is 11.5 Å². The van der Waals surface area contributed by atoms with Gasteiger partial charge in [-0.1, -0.05) is 32.3 Å². The fourth-order valence-electron chi connectivity index (χ4n) is 3.12. The van der Waals surface area contributed by atoms with Gasteiger partial charge in [-0.25, -0.2) is 4.79 Å². The van der Waals surface area contributed by atoms with Crippen LogP contribution in [0.3, 0.4) is 0 Å². The molecule has 0 bridgehead atoms. The molecule has 1 atom stereocenters. The van der Waals surface area contributed by atoms with E-state index in [9.17, 15) is 4.79 Å². The number of amides is 2. The van der Waals surface area contributed by atoms with Crippen molar-refractivity contribution in [2.45, 2.75) is 57.5 Å². The molecule has 1 saturated carbocycles. The average molecular weight is 320 g/mol. The Labute approximate surface area is 138 Å². The van der Waals surface area contributed by atoms with Crippen molar-refractivity contribution in [1.82, 2.24) is 10.6 Å². The lowest BCUT2D eigenvalue weighted by Crippen LogP contribution is -2.44. The predicted octanol–water partition coefficient (Wildman–Crippen LogP) is 3.79. The Morgan fingerprint density at radius 1 is 1.17 bits per heavy atom. The molecule has 5 nitrogen and oxygen atoms in total. The van der Waals surface area contributed by atoms with Crippen molar-refractivity contribution in [2.75, 3.05) is 14.2 Å². The third-order valence-corrected chi connectivity index (χ3v) is 4.46. The summed E-state index contributed by atoms with van der Waals surface area (Å²) in [4.78, 5) is 12.3. The molecule has 2 rings (SSSR count). The van der Waals surface area contributed by atoms with E-state index in [-0.39, 0.29) is 12.1 Å². The molecule has 1 unspecified atom stereocenters. The van der Waals surface area contributed by atoms with Crippen LogP contribution in [-0.4, -0.2) is 26.3 Å². The van der Waals surface area contributed by atoms with Crippen LogP contribution in [0.15, 0.2) is 18.2 Å². The molecule has 1 fully saturated rings. The van der Waals surface area contributed by atoms with E-state index in [1.807, 2.05) is 18.2 Å². The minimum absolute atomic E-state index is 0.0432. The predicted molar refractivity (Wildman–Crippen MR) is 91.1 cm³/mol. The molecule has 0 saturated heterocycles. The Kier molecular flexibility index (Phi) is 6.56. The number of carbonyl (C=O) groups excluding carboxylic acids is 1. The topological polar surface area (TPSA) is 59.6 Å². The van der Waals surface area contributed by atoms with Crippen molar-refractivity contribution in [1.29, 1.82) is 0 Å². The van der Waals surface area contributed by atoms with Crippen molar-refractivity contribution >= 4 is 6.03 Å². The molecule has 1 aromatic rings. The van der Waals surface area contributed by atoms with Gasteiger partial charge in [0, 0.05) is 6.04 Å². The molecule has 5 heteroatoms. The van der Waals surface area contributed by atoms with Crippen molar-refractivity contribution < 1.29 is 14.3 Å². The highest BCUT2D eigenvalue weighted by atomic mass is 16.5. The molecule has 128 valence electrons. The maximum atomic E-state index is 12.3. The molecule has 2 amide bonds. The van der Waals surface area contributed by atoms with E-state index in [4.69, 9.17) is 9.47 Å². The molecule has 2 N–H and O–H groups in total. The fourth-order valence-corrected chi connectivity index (χ4v) is 3.12. The maximum absolute atomic E-state index is 12.3. The van der Waals surface area contributed by atoms with E-state index in [1.54, 1.807) is 14.2 Å². The van der Waals surface area contributed by atoms with Gasteiger partial charge in [0.1, 0.15) is 0 Å². The molecular formula is C18H28N2O3. The summed E-state index contributed by atoms with van der Waals surface area (Å²) < 4.78 is 10.6. The Morgan fingerprint density at radius 2 is 1.87 bits per heavy atom. The second-order valence-electron chi connectivity index (χ2n) is 6.03. The second-order valence-corrected chi connectivity index (χ2v) is 6.03. The monoisotopic (exact) mass is 320 g/mol. The zero-order valence-electron chi connectivity index (χ0n) is 14.4. The van der Waals surface area contributed by atoms with E-state index < -0.39 is 0 Å². The van der Waals surface area contributed by atoms with Crippen LogP contribution < -0.4 is 20.1 Å². The van der Waals surface area contributed by atoms with E-state index in [0.29, 0.717) is 17.5 Å². The van der Waals surface area contributed by atoms with Gasteiger partial charge in [0.05, 0.1) is 20.3 Å². The highest BCUT2D eigenvalue weighted by molar-refractivity contribution is 5.74. The molecule has 0 radical (unpaired) electrons. The summed E-state index contributed by atoms with van der Waals surface area (Å²) in [7, 11) is 3.23. The van der Waals surface area contributed by atoms with Crippen LogP contribution in [0.25, 0.3) is 0 Å². The fraction of sp³-hybridized carbons (Fsp3) is 0.611. The second kappa shape index (κ2) is 8.65. The minimum Gasteiger partial charge on any atom is -0.493 e. The number of carbonyl (C=O) groups is 1. The number of ether oxygens (including phenoxy) is 2. The molecule has 0 aliphatic heterocycles. The number of hydrogen-bond donors (Lipinski definition) is 2. The maximum Gasteiger partial charge on any atom is 0.315 e. The third kappa shape index (κ3) is 4.78. The Morgan fingerprint density at radius 3 is 2.48 bits per heavy atom. The number of rotatable bonds is 6. The number of benzene rings is 1. The number of nitrogens with one attached hydrogen (secondary N) is 2. The first-order valence-corrected chi connectivity index (χ1v) is 8.46. The lowest BCUT2D eigenvalue weighted by atomic mass is 9.96. The first-order valence-electron chi connectivity index (χ1n) is 8.46. The summed E-state index contributed by atoms with van der Waals surface area (Å²) >= 11 is 0. The summed E-state index contributed by atoms with van der Waals surface area (Å²) in [5, 5.41) is 6.17. The number of methoxy groups -OCH3 is 2. The zero-order valence-corrected chi connectivity index (χ0v) is 14.4. The van der Waals surface area contributed by atoms with Crippen LogP contribution in [0.2, 0.25) is 0 Å². The zero-order chi connectivity index (χ0) is 16.7. The van der Waals surface area contributed by atoms with E-state index >= 15 is 0 Å². The molecule has 1 aliphatic rings. The molecular weight excluding hydrogens is 292 g/mol. The lowest BCUT2D eigenvalue weighted by Gasteiger charge is -2.25. The van der Waals surface area contributed by atoms with E-state index in [0.717, 1.165) is 24.8 Å². The summed E-state index contributed by atoms with van der Waals surface area (Å²) in [6.07, 6.45) is 6.67. The van der Waals surface area contributed by atoms with Gasteiger partial charge in [-0.05, 0) is 37.0 Å². The Bertz CT molecular complexity index is 513. The van der Waals surface area contributed by atoms with Crippen LogP contribution in [0, 0.1) is 0 Å². The smallest absolute Gasteiger partial charge is 0.315 e. The highest BCUT2D eigenvalue weighted by Gasteiger charge is 2.19. The molecule has 1 aliphatic carbocycles. The molecule has 1 aromatic carbocycles. The first-order chi connectivity index (χ1) is 11.2. The molecule has 0 aromatic heterocycles. The van der Waals surface area contributed by atoms with Crippen LogP contribution >= 0.6 is 0 Å². The SMILES string of the molecule is CCC(NC(=O)NC1CCCCC1)c1ccc(OC)c(OC)c1. The van der Waals surface area contributed by atoms with E-state index in [1.165, 1.54) is 19.3 Å². The van der Waals surface area contributed by atoms with Gasteiger partial charge >= 0.3 is 6.03 Å². The summed E-state index contributed by atoms with van der Waals surface area (Å²) in [5.41, 5.74) is 1.02. The van der Waals surface area contributed by atoms with Gasteiger partial charge in [-0.3, -0.25) is 0 Å². The Hall–Kier alpha value is -1.91. The van der Waals surface area contributed by atoms with Gasteiger partial charge in [-0.15, -0.1) is 0 Å². The van der Waals surface area contributed by atoms with Crippen molar-refractivity contribution in [3.8, 4) is 11.5 Å². The molecule has 23 heavy (non-hydrogen) atoms. The van der Waals surface area contributed by atoms with Crippen molar-refractivity contribution in [2.24, 2.45) is 0 Å². The largest absolute Gasteiger partial charge is 0.493 e. The summed E-state index contributed by atoms with van der Waals surface area (Å²) in [6.45, 7) is 2.06. The van der Waals surface area contributed by atoms with Gasteiger partial charge in [-0.2, -0.15) is 0 Å². The summed E-state index contributed by atoms with van der Waals surface area (Å²) in [5.74, 6) is 1.37. The van der Waals surface area contributed by atoms with Crippen LogP contribution in [0.1, 0.15) is 57.1 Å². The quantitative estimate of drug-likeness (QED) is 0.838.